The van der Waals surface area contributed by atoms with Crippen molar-refractivity contribution < 1.29 is 26.9 Å². The predicted molar refractivity (Wildman–Crippen MR) is 112 cm³/mol. The highest BCUT2D eigenvalue weighted by Gasteiger charge is 2.36. The molecule has 1 saturated heterocycles. The first-order chi connectivity index (χ1) is 14.6. The molecule has 166 valence electrons. The molecule has 0 saturated carbocycles. The van der Waals surface area contributed by atoms with Crippen LogP contribution in [0.5, 0.6) is 0 Å². The average Bonchev–Trinajstić information content (AvgIpc) is 2.73. The molecule has 4 rings (SSSR count). The highest BCUT2D eigenvalue weighted by atomic mass is 35.5. The molecule has 0 aliphatic carbocycles. The Balaban J connectivity index is 1.50. The molecule has 1 amide bonds. The van der Waals surface area contributed by atoms with Crippen LogP contribution in [0.4, 0.5) is 23.7 Å². The number of nitrogens with zero attached hydrogens (tertiary/aromatic N) is 2. The van der Waals surface area contributed by atoms with E-state index in [9.17, 15) is 22.2 Å². The second-order valence-corrected chi connectivity index (χ2v) is 9.55. The Hall–Kier alpha value is -1.81. The van der Waals surface area contributed by atoms with Crippen molar-refractivity contribution in [2.45, 2.75) is 36.6 Å². The summed E-state index contributed by atoms with van der Waals surface area (Å²) in [6.45, 7) is 0.773. The SMILES string of the molecule is O=C1OCc2cc(Cl)ccc2N1C1CCN(S(=O)c2cc(C(F)(F)F)ccc2Cl)CC1. The van der Waals surface area contributed by atoms with Gasteiger partial charge in [0.25, 0.3) is 0 Å². The predicted octanol–water partition coefficient (Wildman–Crippen LogP) is 5.66. The van der Waals surface area contributed by atoms with Crippen LogP contribution in [0, 0.1) is 0 Å². The van der Waals surface area contributed by atoms with Gasteiger partial charge in [0, 0.05) is 29.7 Å². The maximum Gasteiger partial charge on any atom is 0.416 e. The maximum absolute atomic E-state index is 13.0. The van der Waals surface area contributed by atoms with Crippen LogP contribution in [0.1, 0.15) is 24.0 Å². The molecule has 11 heteroatoms. The van der Waals surface area contributed by atoms with Gasteiger partial charge in [-0.15, -0.1) is 0 Å². The van der Waals surface area contributed by atoms with E-state index >= 15 is 0 Å². The Bertz CT molecular complexity index is 1040. The van der Waals surface area contributed by atoms with Crippen LogP contribution < -0.4 is 4.90 Å². The first-order valence-electron chi connectivity index (χ1n) is 9.43. The van der Waals surface area contributed by atoms with E-state index < -0.39 is 28.8 Å². The van der Waals surface area contributed by atoms with Gasteiger partial charge >= 0.3 is 12.3 Å². The molecule has 1 atom stereocenters. The summed E-state index contributed by atoms with van der Waals surface area (Å²) in [6.07, 6.45) is -4.07. The average molecular weight is 493 g/mol. The summed E-state index contributed by atoms with van der Waals surface area (Å²) in [7, 11) is -1.85. The Morgan fingerprint density at radius 3 is 2.45 bits per heavy atom. The van der Waals surface area contributed by atoms with Crippen LogP contribution in [0.15, 0.2) is 41.3 Å². The van der Waals surface area contributed by atoms with Crippen molar-refractivity contribution in [1.29, 1.82) is 0 Å². The quantitative estimate of drug-likeness (QED) is 0.555. The first-order valence-corrected chi connectivity index (χ1v) is 11.3. The summed E-state index contributed by atoms with van der Waals surface area (Å²) in [5.74, 6) is 0. The summed E-state index contributed by atoms with van der Waals surface area (Å²) >= 11 is 12.1. The number of hydrogen-bond donors (Lipinski definition) is 0. The standard InChI is InChI=1S/C20H17Cl2F3N2O3S/c21-14-2-4-17-12(9-14)11-30-19(28)27(17)15-5-7-26(8-6-15)31(29)18-10-13(20(23,24)25)1-3-16(18)22/h1-4,9-10,15H,5-8,11H2. The van der Waals surface area contributed by atoms with Crippen LogP contribution in [-0.2, 0) is 28.5 Å². The van der Waals surface area contributed by atoms with Gasteiger partial charge in [-0.1, -0.05) is 23.2 Å². The summed E-state index contributed by atoms with van der Waals surface area (Å²) in [5.41, 5.74) is 0.622. The molecule has 2 heterocycles. The minimum atomic E-state index is -4.55. The zero-order valence-electron chi connectivity index (χ0n) is 16.0. The van der Waals surface area contributed by atoms with Gasteiger partial charge in [0.1, 0.15) is 17.6 Å². The van der Waals surface area contributed by atoms with E-state index in [-0.39, 0.29) is 22.6 Å². The Labute approximate surface area is 189 Å². The number of halogens is 5. The molecule has 0 radical (unpaired) electrons. The van der Waals surface area contributed by atoms with Gasteiger partial charge in [0.15, 0.2) is 0 Å². The minimum Gasteiger partial charge on any atom is -0.444 e. The van der Waals surface area contributed by atoms with Crippen molar-refractivity contribution in [1.82, 2.24) is 4.31 Å². The summed E-state index contributed by atoms with van der Waals surface area (Å²) in [5, 5.41) is 0.554. The van der Waals surface area contributed by atoms with Crippen molar-refractivity contribution in [3.63, 3.8) is 0 Å². The lowest BCUT2D eigenvalue weighted by Gasteiger charge is -2.39. The molecular formula is C20H17Cl2F3N2O3S. The van der Waals surface area contributed by atoms with Crippen LogP contribution >= 0.6 is 23.2 Å². The largest absolute Gasteiger partial charge is 0.444 e. The van der Waals surface area contributed by atoms with Gasteiger partial charge in [0.2, 0.25) is 0 Å². The number of anilines is 1. The van der Waals surface area contributed by atoms with Crippen molar-refractivity contribution in [3.8, 4) is 0 Å². The van der Waals surface area contributed by atoms with Gasteiger partial charge in [-0.25, -0.2) is 13.3 Å². The molecule has 1 fully saturated rings. The number of ether oxygens (including phenoxy) is 1. The molecule has 5 nitrogen and oxygen atoms in total. The van der Waals surface area contributed by atoms with Crippen molar-refractivity contribution in [3.05, 3.63) is 57.6 Å². The molecule has 0 bridgehead atoms. The van der Waals surface area contributed by atoms with Crippen LogP contribution in [0.2, 0.25) is 10.0 Å². The van der Waals surface area contributed by atoms with Crippen molar-refractivity contribution in [2.75, 3.05) is 18.0 Å². The maximum atomic E-state index is 13.0. The second-order valence-electron chi connectivity index (χ2n) is 7.25. The zero-order chi connectivity index (χ0) is 22.3. The fourth-order valence-electron chi connectivity index (χ4n) is 3.78. The van der Waals surface area contributed by atoms with Gasteiger partial charge in [-0.05, 0) is 49.2 Å². The van der Waals surface area contributed by atoms with E-state index in [4.69, 9.17) is 27.9 Å². The monoisotopic (exact) mass is 492 g/mol. The Morgan fingerprint density at radius 1 is 1.06 bits per heavy atom. The number of cyclic esters (lactones) is 1. The smallest absolute Gasteiger partial charge is 0.416 e. The van der Waals surface area contributed by atoms with E-state index in [0.29, 0.717) is 31.0 Å². The topological polar surface area (TPSA) is 49.9 Å². The fraction of sp³-hybridized carbons (Fsp3) is 0.350. The number of hydrogen-bond acceptors (Lipinski definition) is 3. The number of fused-ring (bicyclic) bond motifs is 1. The fourth-order valence-corrected chi connectivity index (χ4v) is 5.57. The number of amides is 1. The van der Waals surface area contributed by atoms with Crippen LogP contribution in [0.25, 0.3) is 0 Å². The Morgan fingerprint density at radius 2 is 1.77 bits per heavy atom. The third-order valence-corrected chi connectivity index (χ3v) is 7.54. The summed E-state index contributed by atoms with van der Waals surface area (Å²) < 4.78 is 58.9. The lowest BCUT2D eigenvalue weighted by atomic mass is 10.0. The van der Waals surface area contributed by atoms with Crippen LogP contribution in [0.3, 0.4) is 0 Å². The highest BCUT2D eigenvalue weighted by molar-refractivity contribution is 7.82. The number of benzene rings is 2. The number of carbonyl (C=O) groups excluding carboxylic acids is 1. The lowest BCUT2D eigenvalue weighted by molar-refractivity contribution is -0.137. The first kappa shape index (κ1) is 22.4. The van der Waals surface area contributed by atoms with Crippen molar-refractivity contribution in [2.24, 2.45) is 0 Å². The van der Waals surface area contributed by atoms with Gasteiger partial charge < -0.3 is 4.74 Å². The Kier molecular flexibility index (Phi) is 6.22. The van der Waals surface area contributed by atoms with Gasteiger partial charge in [-0.2, -0.15) is 13.2 Å². The number of piperidine rings is 1. The molecular weight excluding hydrogens is 476 g/mol. The third-order valence-electron chi connectivity index (χ3n) is 5.32. The third kappa shape index (κ3) is 4.55. The van der Waals surface area contributed by atoms with E-state index in [2.05, 4.69) is 0 Å². The molecule has 0 aromatic heterocycles. The minimum absolute atomic E-state index is 0.0128. The highest BCUT2D eigenvalue weighted by Crippen LogP contribution is 2.36. The van der Waals surface area contributed by atoms with E-state index in [0.717, 1.165) is 29.4 Å². The molecule has 2 aliphatic heterocycles. The van der Waals surface area contributed by atoms with E-state index in [1.54, 1.807) is 27.4 Å². The number of rotatable bonds is 3. The molecule has 2 aliphatic rings. The van der Waals surface area contributed by atoms with Gasteiger partial charge in [-0.3, -0.25) is 4.90 Å². The number of carbonyl (C=O) groups is 1. The summed E-state index contributed by atoms with van der Waals surface area (Å²) in [4.78, 5) is 13.9. The normalized spacial score (nSPS) is 19.1. The van der Waals surface area contributed by atoms with Crippen molar-refractivity contribution >= 4 is 46.0 Å². The second kappa shape index (κ2) is 8.61. The van der Waals surface area contributed by atoms with Crippen LogP contribution in [-0.4, -0.2) is 33.7 Å². The molecule has 31 heavy (non-hydrogen) atoms. The number of alkyl halides is 3. The molecule has 1 unspecified atom stereocenters. The van der Waals surface area contributed by atoms with E-state index in [1.165, 1.54) is 0 Å². The van der Waals surface area contributed by atoms with E-state index in [1.807, 2.05) is 0 Å². The molecule has 2 aromatic rings. The molecule has 2 aromatic carbocycles. The summed E-state index contributed by atoms with van der Waals surface area (Å²) in [6, 6.07) is 7.81. The molecule has 0 spiro atoms. The van der Waals surface area contributed by atoms with Gasteiger partial charge in [0.05, 0.1) is 21.2 Å². The zero-order valence-corrected chi connectivity index (χ0v) is 18.3. The lowest BCUT2D eigenvalue weighted by Crippen LogP contribution is -2.49. The molecule has 0 N–H and O–H groups in total.